The maximum Gasteiger partial charge on any atom is -0.0120 e. The molecular formula is C39H55P. The lowest BCUT2D eigenvalue weighted by atomic mass is 9.83. The van der Waals surface area contributed by atoms with Crippen molar-refractivity contribution in [2.45, 2.75) is 117 Å². The first-order valence-corrected chi connectivity index (χ1v) is 18.3. The average molecular weight is 555 g/mol. The maximum absolute atomic E-state index is 2.48. The monoisotopic (exact) mass is 554 g/mol. The predicted octanol–water partition coefficient (Wildman–Crippen LogP) is 12.0. The Kier molecular flexibility index (Phi) is 12.4. The molecule has 0 aromatic heterocycles. The Morgan fingerprint density at radius 2 is 1.23 bits per heavy atom. The summed E-state index contributed by atoms with van der Waals surface area (Å²) in [4.78, 5) is 0. The van der Waals surface area contributed by atoms with E-state index in [0.29, 0.717) is 5.92 Å². The molecule has 2 unspecified atom stereocenters. The lowest BCUT2D eigenvalue weighted by molar-refractivity contribution is 0.488. The van der Waals surface area contributed by atoms with Crippen LogP contribution in [0.4, 0.5) is 0 Å². The molecule has 40 heavy (non-hydrogen) atoms. The van der Waals surface area contributed by atoms with Gasteiger partial charge in [0, 0.05) is 0 Å². The molecule has 0 spiro atoms. The van der Waals surface area contributed by atoms with Gasteiger partial charge in [-0.15, -0.1) is 7.92 Å². The molecule has 3 aromatic rings. The number of hydrogen-bond donors (Lipinski definition) is 0. The molecule has 1 fully saturated rings. The molecule has 0 radical (unpaired) electrons. The molecule has 4 rings (SSSR count). The van der Waals surface area contributed by atoms with Crippen LogP contribution in [0, 0.1) is 27.7 Å². The van der Waals surface area contributed by atoms with Gasteiger partial charge in [0.2, 0.25) is 0 Å². The van der Waals surface area contributed by atoms with Crippen molar-refractivity contribution in [1.29, 1.82) is 0 Å². The van der Waals surface area contributed by atoms with Crippen LogP contribution in [0.15, 0.2) is 66.7 Å². The van der Waals surface area contributed by atoms with Gasteiger partial charge in [-0.25, -0.2) is 0 Å². The van der Waals surface area contributed by atoms with E-state index in [1.54, 1.807) is 16.7 Å². The molecule has 0 bridgehead atoms. The second-order valence-corrected chi connectivity index (χ2v) is 15.5. The van der Waals surface area contributed by atoms with Gasteiger partial charge in [-0.2, -0.15) is 0 Å². The Bertz CT molecular complexity index is 1150. The first kappa shape index (κ1) is 31.0. The first-order chi connectivity index (χ1) is 19.4. The molecule has 3 aromatic carbocycles. The number of aryl methyl sites for hydroxylation is 4. The highest BCUT2D eigenvalue weighted by Crippen LogP contribution is 2.50. The van der Waals surface area contributed by atoms with Crippen LogP contribution in [0.1, 0.15) is 128 Å². The van der Waals surface area contributed by atoms with Gasteiger partial charge in [-0.1, -0.05) is 117 Å². The van der Waals surface area contributed by atoms with Crippen LogP contribution in [-0.4, -0.2) is 18.5 Å². The quantitative estimate of drug-likeness (QED) is 0.137. The highest BCUT2D eigenvalue weighted by molar-refractivity contribution is 7.57. The van der Waals surface area contributed by atoms with Gasteiger partial charge >= 0.3 is 0 Å². The smallest absolute Gasteiger partial charge is 0.0120 e. The van der Waals surface area contributed by atoms with Crippen molar-refractivity contribution >= 4 is 7.92 Å². The van der Waals surface area contributed by atoms with E-state index in [1.807, 2.05) is 0 Å². The molecular weight excluding hydrogens is 499 g/mol. The average Bonchev–Trinajstić information content (AvgIpc) is 2.95. The van der Waals surface area contributed by atoms with Gasteiger partial charge in [0.05, 0.1) is 0 Å². The van der Waals surface area contributed by atoms with Crippen molar-refractivity contribution in [2.75, 3.05) is 18.5 Å². The summed E-state index contributed by atoms with van der Waals surface area (Å²) >= 11 is 0. The minimum atomic E-state index is 0.130. The summed E-state index contributed by atoms with van der Waals surface area (Å²) in [6, 6.07) is 25.8. The molecule has 0 saturated carbocycles. The molecule has 1 heterocycles. The standard InChI is InChI=1S/C39H55P/c1-6-7-8-10-16-36(38-21-19-30(2)27-32(38)4)17-13-18-37(39-22-20-31(3)28-33(39)5)29-40-25-23-35(24-26-40)34-14-11-9-12-15-34/h9,11-12,14-15,19-22,27-28,35-37H,6-8,10,13,16-18,23-26,29H2,1-5H3. The van der Waals surface area contributed by atoms with E-state index in [1.165, 1.54) is 105 Å². The van der Waals surface area contributed by atoms with Crippen LogP contribution in [-0.2, 0) is 0 Å². The molecule has 2 atom stereocenters. The van der Waals surface area contributed by atoms with Crippen LogP contribution in [0.3, 0.4) is 0 Å². The van der Waals surface area contributed by atoms with Gasteiger partial charge in [0.15, 0.2) is 0 Å². The molecule has 0 N–H and O–H groups in total. The number of rotatable bonds is 14. The fraction of sp³-hybridized carbons (Fsp3) is 0.538. The van der Waals surface area contributed by atoms with Crippen molar-refractivity contribution < 1.29 is 0 Å². The van der Waals surface area contributed by atoms with Crippen LogP contribution < -0.4 is 0 Å². The Balaban J connectivity index is 1.42. The van der Waals surface area contributed by atoms with Crippen molar-refractivity contribution in [3.63, 3.8) is 0 Å². The number of hydrogen-bond acceptors (Lipinski definition) is 0. The van der Waals surface area contributed by atoms with E-state index in [4.69, 9.17) is 0 Å². The molecule has 216 valence electrons. The molecule has 1 aliphatic heterocycles. The third-order valence-electron chi connectivity index (χ3n) is 9.58. The van der Waals surface area contributed by atoms with Crippen molar-refractivity contribution in [1.82, 2.24) is 0 Å². The SMILES string of the molecule is CCCCCCC(CCCC(CP1CCC(c2ccccc2)CC1)c1ccc(C)cc1C)c1ccc(C)cc1C. The summed E-state index contributed by atoms with van der Waals surface area (Å²) < 4.78 is 0. The third kappa shape index (κ3) is 9.05. The van der Waals surface area contributed by atoms with Crippen LogP contribution in [0.25, 0.3) is 0 Å². The van der Waals surface area contributed by atoms with Gasteiger partial charge in [-0.05, 0) is 124 Å². The van der Waals surface area contributed by atoms with E-state index < -0.39 is 0 Å². The van der Waals surface area contributed by atoms with Crippen molar-refractivity contribution in [3.05, 3.63) is 106 Å². The normalized spacial score (nSPS) is 18.9. The Hall–Kier alpha value is -1.91. The topological polar surface area (TPSA) is 0 Å². The minimum absolute atomic E-state index is 0.130. The van der Waals surface area contributed by atoms with E-state index in [2.05, 4.69) is 101 Å². The number of unbranched alkanes of at least 4 members (excludes halogenated alkanes) is 3. The summed E-state index contributed by atoms with van der Waals surface area (Å²) in [5.74, 6) is 2.22. The molecule has 0 aliphatic carbocycles. The highest BCUT2D eigenvalue weighted by Gasteiger charge is 2.26. The Morgan fingerprint density at radius 1 is 0.650 bits per heavy atom. The summed E-state index contributed by atoms with van der Waals surface area (Å²) in [5.41, 5.74) is 10.6. The van der Waals surface area contributed by atoms with E-state index in [0.717, 1.165) is 11.8 Å². The molecule has 1 aliphatic rings. The Morgan fingerprint density at radius 3 is 1.82 bits per heavy atom. The fourth-order valence-electron chi connectivity index (χ4n) is 7.28. The fourth-order valence-corrected chi connectivity index (χ4v) is 10.2. The summed E-state index contributed by atoms with van der Waals surface area (Å²) in [6.45, 7) is 11.5. The Labute approximate surface area is 248 Å². The van der Waals surface area contributed by atoms with Gasteiger partial charge in [0.1, 0.15) is 0 Å². The summed E-state index contributed by atoms with van der Waals surface area (Å²) in [7, 11) is 0.130. The summed E-state index contributed by atoms with van der Waals surface area (Å²) in [6.07, 6.45) is 18.0. The summed E-state index contributed by atoms with van der Waals surface area (Å²) in [5, 5.41) is 0. The lowest BCUT2D eigenvalue weighted by Gasteiger charge is -2.32. The molecule has 0 nitrogen and oxygen atoms in total. The molecule has 0 amide bonds. The third-order valence-corrected chi connectivity index (χ3v) is 12.3. The zero-order valence-electron chi connectivity index (χ0n) is 26.2. The van der Waals surface area contributed by atoms with E-state index >= 15 is 0 Å². The highest BCUT2D eigenvalue weighted by atomic mass is 31.1. The lowest BCUT2D eigenvalue weighted by Crippen LogP contribution is -2.15. The second kappa shape index (κ2) is 15.9. The molecule has 1 heteroatoms. The van der Waals surface area contributed by atoms with Crippen molar-refractivity contribution in [2.24, 2.45) is 0 Å². The van der Waals surface area contributed by atoms with Crippen molar-refractivity contribution in [3.8, 4) is 0 Å². The van der Waals surface area contributed by atoms with Gasteiger partial charge < -0.3 is 0 Å². The van der Waals surface area contributed by atoms with Crippen LogP contribution in [0.2, 0.25) is 0 Å². The van der Waals surface area contributed by atoms with Gasteiger partial charge in [0.25, 0.3) is 0 Å². The minimum Gasteiger partial charge on any atom is -0.106 e. The first-order valence-electron chi connectivity index (χ1n) is 16.4. The van der Waals surface area contributed by atoms with Crippen LogP contribution >= 0.6 is 7.92 Å². The molecule has 1 saturated heterocycles. The van der Waals surface area contributed by atoms with E-state index in [9.17, 15) is 0 Å². The maximum atomic E-state index is 2.48. The second-order valence-electron chi connectivity index (χ2n) is 12.9. The van der Waals surface area contributed by atoms with Crippen LogP contribution in [0.5, 0.6) is 0 Å². The van der Waals surface area contributed by atoms with E-state index in [-0.39, 0.29) is 7.92 Å². The predicted molar refractivity (Wildman–Crippen MR) is 180 cm³/mol. The zero-order chi connectivity index (χ0) is 28.3. The number of benzene rings is 3. The largest absolute Gasteiger partial charge is 0.106 e. The van der Waals surface area contributed by atoms with Gasteiger partial charge in [-0.3, -0.25) is 0 Å². The zero-order valence-corrected chi connectivity index (χ0v) is 27.1.